The lowest BCUT2D eigenvalue weighted by Gasteiger charge is -2.27. The highest BCUT2D eigenvalue weighted by molar-refractivity contribution is 6.97. The lowest BCUT2D eigenvalue weighted by atomic mass is 9.95. The van der Waals surface area contributed by atoms with E-state index in [-0.39, 0.29) is 5.60 Å². The van der Waals surface area contributed by atoms with E-state index in [1.54, 1.807) is 5.20 Å². The zero-order chi connectivity index (χ0) is 21.6. The Balaban J connectivity index is 1.58. The van der Waals surface area contributed by atoms with Crippen LogP contribution in [0.4, 0.5) is 5.69 Å². The molecule has 0 fully saturated rings. The Labute approximate surface area is 184 Å². The molecule has 0 aromatic heterocycles. The summed E-state index contributed by atoms with van der Waals surface area (Å²) in [5.41, 5.74) is 4.22. The lowest BCUT2D eigenvalue weighted by molar-refractivity contribution is -0.00475. The molecular formula is C27H39NOSi. The van der Waals surface area contributed by atoms with Crippen molar-refractivity contribution < 1.29 is 4.74 Å². The van der Waals surface area contributed by atoms with E-state index in [0.29, 0.717) is 5.92 Å². The summed E-state index contributed by atoms with van der Waals surface area (Å²) in [4.78, 5) is 3.88. The molecule has 2 nitrogen and oxygen atoms in total. The zero-order valence-corrected chi connectivity index (χ0v) is 20.5. The fourth-order valence-corrected chi connectivity index (χ4v) is 6.92. The van der Waals surface area contributed by atoms with Gasteiger partial charge in [0.25, 0.3) is 0 Å². The van der Waals surface area contributed by atoms with Gasteiger partial charge in [-0.2, -0.15) is 0 Å². The number of ether oxygens (including phenoxy) is 1. The van der Waals surface area contributed by atoms with E-state index in [9.17, 15) is 0 Å². The molecule has 0 aliphatic heterocycles. The van der Waals surface area contributed by atoms with Gasteiger partial charge in [0.05, 0.1) is 5.60 Å². The molecule has 0 saturated carbocycles. The van der Waals surface area contributed by atoms with E-state index < -0.39 is 8.24 Å². The van der Waals surface area contributed by atoms with Crippen LogP contribution in [-0.2, 0) is 4.74 Å². The van der Waals surface area contributed by atoms with E-state index in [4.69, 9.17) is 4.74 Å². The molecule has 3 rings (SSSR count). The summed E-state index contributed by atoms with van der Waals surface area (Å²) in [6.07, 6.45) is 8.83. The van der Waals surface area contributed by atoms with Gasteiger partial charge in [-0.25, -0.2) is 0 Å². The van der Waals surface area contributed by atoms with Crippen LogP contribution in [0.1, 0.15) is 69.9 Å². The molecule has 162 valence electrons. The first-order chi connectivity index (χ1) is 14.3. The summed E-state index contributed by atoms with van der Waals surface area (Å²) >= 11 is 0. The first kappa shape index (κ1) is 22.8. The van der Waals surface area contributed by atoms with Gasteiger partial charge in [0, 0.05) is 18.2 Å². The molecule has 3 heteroatoms. The second-order valence-electron chi connectivity index (χ2n) is 10.1. The Kier molecular flexibility index (Phi) is 7.59. The SMILES string of the molecule is CC(C)(C)OCCCCCCC1C=C([Si](C)(C)Nc2ccccc2)c2ccccc21. The van der Waals surface area contributed by atoms with Gasteiger partial charge in [-0.3, -0.25) is 0 Å². The fraction of sp³-hybridized carbons (Fsp3) is 0.481. The molecule has 0 bridgehead atoms. The van der Waals surface area contributed by atoms with Crippen molar-refractivity contribution in [3.8, 4) is 0 Å². The highest BCUT2D eigenvalue weighted by Crippen LogP contribution is 2.42. The second kappa shape index (κ2) is 9.98. The standard InChI is InChI=1S/C27H39NOSi/c1-27(2,3)29-20-14-7-6-9-15-22-21-26(25-19-13-12-18-24(22)25)30(4,5)28-23-16-10-8-11-17-23/h8,10-13,16-19,21-22,28H,6-7,9,14-15,20H2,1-5H3. The van der Waals surface area contributed by atoms with Gasteiger partial charge in [0.2, 0.25) is 0 Å². The first-order valence-electron chi connectivity index (χ1n) is 11.5. The molecule has 0 heterocycles. The quantitative estimate of drug-likeness (QED) is 0.312. The number of anilines is 1. The van der Waals surface area contributed by atoms with Crippen LogP contribution in [0, 0.1) is 0 Å². The third kappa shape index (κ3) is 6.33. The van der Waals surface area contributed by atoms with Crippen LogP contribution in [0.3, 0.4) is 0 Å². The number of hydrogen-bond donors (Lipinski definition) is 1. The van der Waals surface area contributed by atoms with Crippen molar-refractivity contribution in [3.05, 3.63) is 71.8 Å². The minimum absolute atomic E-state index is 0.0147. The second-order valence-corrected chi connectivity index (χ2v) is 14.1. The first-order valence-corrected chi connectivity index (χ1v) is 14.5. The number of allylic oxidation sites excluding steroid dienone is 1. The minimum Gasteiger partial charge on any atom is -0.407 e. The lowest BCUT2D eigenvalue weighted by Crippen LogP contribution is -2.38. The van der Waals surface area contributed by atoms with E-state index >= 15 is 0 Å². The van der Waals surface area contributed by atoms with Crippen molar-refractivity contribution in [3.63, 3.8) is 0 Å². The van der Waals surface area contributed by atoms with Crippen molar-refractivity contribution in [2.75, 3.05) is 11.6 Å². The molecular weight excluding hydrogens is 382 g/mol. The molecule has 0 spiro atoms. The molecule has 0 amide bonds. The Morgan fingerprint density at radius 3 is 2.27 bits per heavy atom. The minimum atomic E-state index is -1.79. The number of rotatable bonds is 10. The van der Waals surface area contributed by atoms with Gasteiger partial charge in [-0.1, -0.05) is 67.8 Å². The van der Waals surface area contributed by atoms with Gasteiger partial charge < -0.3 is 9.72 Å². The van der Waals surface area contributed by atoms with Gasteiger partial charge >= 0.3 is 0 Å². The average Bonchev–Trinajstić information content (AvgIpc) is 3.07. The van der Waals surface area contributed by atoms with Gasteiger partial charge in [-0.05, 0) is 75.2 Å². The van der Waals surface area contributed by atoms with Crippen LogP contribution in [-0.4, -0.2) is 20.4 Å². The summed E-state index contributed by atoms with van der Waals surface area (Å²) in [7, 11) is -1.79. The summed E-state index contributed by atoms with van der Waals surface area (Å²) in [6.45, 7) is 12.1. The van der Waals surface area contributed by atoms with Gasteiger partial charge in [-0.15, -0.1) is 0 Å². The third-order valence-electron chi connectivity index (χ3n) is 5.87. The van der Waals surface area contributed by atoms with Crippen LogP contribution < -0.4 is 4.98 Å². The maximum absolute atomic E-state index is 5.84. The van der Waals surface area contributed by atoms with Crippen LogP contribution >= 0.6 is 0 Å². The largest absolute Gasteiger partial charge is 0.407 e. The molecule has 1 aliphatic carbocycles. The van der Waals surface area contributed by atoms with Crippen LogP contribution in [0.25, 0.3) is 5.20 Å². The van der Waals surface area contributed by atoms with Crippen LogP contribution in [0.2, 0.25) is 13.1 Å². The topological polar surface area (TPSA) is 21.3 Å². The van der Waals surface area contributed by atoms with E-state index in [2.05, 4.69) is 99.5 Å². The molecule has 1 aliphatic rings. The maximum atomic E-state index is 5.84. The third-order valence-corrected chi connectivity index (χ3v) is 8.56. The molecule has 0 radical (unpaired) electrons. The summed E-state index contributed by atoms with van der Waals surface area (Å²) in [5, 5.41) is 1.56. The van der Waals surface area contributed by atoms with Crippen molar-refractivity contribution in [2.45, 2.75) is 77.5 Å². The van der Waals surface area contributed by atoms with Gasteiger partial charge in [0.1, 0.15) is 0 Å². The highest BCUT2D eigenvalue weighted by Gasteiger charge is 2.34. The number of hydrogen-bond acceptors (Lipinski definition) is 2. The predicted molar refractivity (Wildman–Crippen MR) is 133 cm³/mol. The molecule has 1 unspecified atom stereocenters. The molecule has 2 aromatic carbocycles. The summed E-state index contributed by atoms with van der Waals surface area (Å²) in [5.74, 6) is 0.561. The smallest absolute Gasteiger partial charge is 0.179 e. The Morgan fingerprint density at radius 2 is 1.53 bits per heavy atom. The van der Waals surface area contributed by atoms with Crippen LogP contribution in [0.5, 0.6) is 0 Å². The van der Waals surface area contributed by atoms with Crippen LogP contribution in [0.15, 0.2) is 60.7 Å². The fourth-order valence-electron chi connectivity index (χ4n) is 4.38. The monoisotopic (exact) mass is 421 g/mol. The molecule has 1 N–H and O–H groups in total. The van der Waals surface area contributed by atoms with Gasteiger partial charge in [0.15, 0.2) is 8.24 Å². The Bertz CT molecular complexity index is 835. The zero-order valence-electron chi connectivity index (χ0n) is 19.5. The molecule has 1 atom stereocenters. The summed E-state index contributed by atoms with van der Waals surface area (Å²) < 4.78 is 5.84. The highest BCUT2D eigenvalue weighted by atomic mass is 28.3. The predicted octanol–water partition coefficient (Wildman–Crippen LogP) is 7.79. The number of para-hydroxylation sites is 1. The Hall–Kier alpha value is -1.84. The average molecular weight is 422 g/mol. The van der Waals surface area contributed by atoms with Crippen molar-refractivity contribution >= 4 is 19.1 Å². The van der Waals surface area contributed by atoms with E-state index in [0.717, 1.165) is 6.61 Å². The maximum Gasteiger partial charge on any atom is 0.179 e. The van der Waals surface area contributed by atoms with E-state index in [1.807, 2.05) is 0 Å². The van der Waals surface area contributed by atoms with Crippen molar-refractivity contribution in [2.24, 2.45) is 0 Å². The number of nitrogens with one attached hydrogen (secondary N) is 1. The number of unbranched alkanes of at least 4 members (excludes halogenated alkanes) is 3. The molecule has 0 saturated heterocycles. The number of fused-ring (bicyclic) bond motifs is 1. The summed E-state index contributed by atoms with van der Waals surface area (Å²) in [6, 6.07) is 19.7. The normalized spacial score (nSPS) is 16.3. The Morgan fingerprint density at radius 1 is 0.867 bits per heavy atom. The number of benzene rings is 2. The molecule has 2 aromatic rings. The van der Waals surface area contributed by atoms with Crippen molar-refractivity contribution in [1.29, 1.82) is 0 Å². The van der Waals surface area contributed by atoms with E-state index in [1.165, 1.54) is 48.9 Å². The molecule has 30 heavy (non-hydrogen) atoms. The van der Waals surface area contributed by atoms with Crippen molar-refractivity contribution in [1.82, 2.24) is 0 Å².